The third-order valence-electron chi connectivity index (χ3n) is 6.58. The van der Waals surface area contributed by atoms with Crippen LogP contribution in [0.4, 0.5) is 0 Å². The van der Waals surface area contributed by atoms with E-state index in [1.165, 1.54) is 37.7 Å². The van der Waals surface area contributed by atoms with Crippen LogP contribution >= 0.6 is 0 Å². The van der Waals surface area contributed by atoms with E-state index in [0.29, 0.717) is 18.4 Å². The first kappa shape index (κ1) is 16.1. The monoisotopic (exact) mass is 330 g/mol. The second-order valence-corrected chi connectivity index (χ2v) is 8.02. The molecule has 0 bridgehead atoms. The maximum Gasteiger partial charge on any atom is 0.236 e. The number of hydrogen-bond acceptors (Lipinski definition) is 3. The lowest BCUT2D eigenvalue weighted by atomic mass is 9.75. The summed E-state index contributed by atoms with van der Waals surface area (Å²) < 4.78 is 0. The Bertz CT molecular complexity index is 536. The van der Waals surface area contributed by atoms with Crippen LogP contribution in [0.2, 0.25) is 0 Å². The molecule has 1 aliphatic carbocycles. The van der Waals surface area contributed by atoms with E-state index in [2.05, 4.69) is 20.0 Å². The molecule has 1 aromatic heterocycles. The minimum absolute atomic E-state index is 0.362. The van der Waals surface area contributed by atoms with E-state index in [1.807, 2.05) is 12.4 Å². The van der Waals surface area contributed by atoms with Crippen molar-refractivity contribution >= 4 is 5.91 Å². The first-order chi connectivity index (χ1) is 11.8. The summed E-state index contributed by atoms with van der Waals surface area (Å²) in [7, 11) is 0. The SMILES string of the molecule is O=C(CN1CCC(c2cn[nH]c2)CC1)N1CC[C@@H]2CCCC[C@@H]2C1. The molecule has 2 aliphatic heterocycles. The molecule has 1 saturated carbocycles. The standard InChI is InChI=1S/C19H30N4O/c24-19(23-10-7-15-3-1-2-4-17(15)13-23)14-22-8-5-16(6-9-22)18-11-20-21-12-18/h11-12,15-17H,1-10,13-14H2,(H,20,21)/t15-,17+/m0/s1. The summed E-state index contributed by atoms with van der Waals surface area (Å²) >= 11 is 0. The number of carbonyl (C=O) groups is 1. The van der Waals surface area contributed by atoms with Crippen LogP contribution in [0.25, 0.3) is 0 Å². The molecule has 2 atom stereocenters. The van der Waals surface area contributed by atoms with Gasteiger partial charge in [0.05, 0.1) is 12.7 Å². The number of fused-ring (bicyclic) bond motifs is 1. The Balaban J connectivity index is 1.25. The van der Waals surface area contributed by atoms with Crippen molar-refractivity contribution < 1.29 is 4.79 Å². The topological polar surface area (TPSA) is 52.2 Å². The highest BCUT2D eigenvalue weighted by molar-refractivity contribution is 5.78. The average molecular weight is 330 g/mol. The van der Waals surface area contributed by atoms with Gasteiger partial charge in [-0.2, -0.15) is 5.10 Å². The zero-order valence-corrected chi connectivity index (χ0v) is 14.6. The zero-order chi connectivity index (χ0) is 16.4. The third-order valence-corrected chi connectivity index (χ3v) is 6.58. The molecule has 5 nitrogen and oxygen atoms in total. The Labute approximate surface area is 144 Å². The molecule has 2 saturated heterocycles. The molecule has 3 fully saturated rings. The van der Waals surface area contributed by atoms with Gasteiger partial charge in [0.2, 0.25) is 5.91 Å². The van der Waals surface area contributed by atoms with E-state index in [0.717, 1.165) is 50.9 Å². The van der Waals surface area contributed by atoms with E-state index in [4.69, 9.17) is 0 Å². The van der Waals surface area contributed by atoms with Crippen molar-refractivity contribution in [1.82, 2.24) is 20.0 Å². The molecule has 4 rings (SSSR count). The summed E-state index contributed by atoms with van der Waals surface area (Å²) in [5.41, 5.74) is 1.32. The lowest BCUT2D eigenvalue weighted by Gasteiger charge is -2.42. The molecule has 0 radical (unpaired) electrons. The van der Waals surface area contributed by atoms with Gasteiger partial charge in [-0.05, 0) is 62.1 Å². The molecule has 0 unspecified atom stereocenters. The predicted molar refractivity (Wildman–Crippen MR) is 93.6 cm³/mol. The van der Waals surface area contributed by atoms with E-state index in [-0.39, 0.29) is 0 Å². The fraction of sp³-hybridized carbons (Fsp3) is 0.789. The summed E-state index contributed by atoms with van der Waals surface area (Å²) in [4.78, 5) is 17.2. The van der Waals surface area contributed by atoms with Gasteiger partial charge in [-0.1, -0.05) is 19.3 Å². The Kier molecular flexibility index (Phi) is 4.88. The summed E-state index contributed by atoms with van der Waals surface area (Å²) in [6, 6.07) is 0. The fourth-order valence-corrected chi connectivity index (χ4v) is 5.03. The van der Waals surface area contributed by atoms with E-state index in [9.17, 15) is 4.79 Å². The second kappa shape index (κ2) is 7.26. The molecule has 1 N–H and O–H groups in total. The summed E-state index contributed by atoms with van der Waals surface area (Å²) in [5, 5.41) is 6.97. The number of piperidine rings is 2. The van der Waals surface area contributed by atoms with Gasteiger partial charge in [0.15, 0.2) is 0 Å². The molecule has 24 heavy (non-hydrogen) atoms. The van der Waals surface area contributed by atoms with Crippen LogP contribution in [-0.4, -0.2) is 58.6 Å². The van der Waals surface area contributed by atoms with Crippen LogP contribution in [0.15, 0.2) is 12.4 Å². The Morgan fingerprint density at radius 1 is 1.08 bits per heavy atom. The van der Waals surface area contributed by atoms with E-state index < -0.39 is 0 Å². The average Bonchev–Trinajstić information content (AvgIpc) is 3.16. The van der Waals surface area contributed by atoms with Crippen molar-refractivity contribution in [3.63, 3.8) is 0 Å². The third kappa shape index (κ3) is 3.51. The van der Waals surface area contributed by atoms with Crippen LogP contribution in [-0.2, 0) is 4.79 Å². The van der Waals surface area contributed by atoms with Crippen molar-refractivity contribution in [1.29, 1.82) is 0 Å². The number of aromatic amines is 1. The van der Waals surface area contributed by atoms with Crippen LogP contribution in [0, 0.1) is 11.8 Å². The second-order valence-electron chi connectivity index (χ2n) is 8.02. The Hall–Kier alpha value is -1.36. The number of amides is 1. The molecular weight excluding hydrogens is 300 g/mol. The maximum atomic E-state index is 12.7. The van der Waals surface area contributed by atoms with Crippen molar-refractivity contribution in [3.05, 3.63) is 18.0 Å². The number of nitrogens with one attached hydrogen (secondary N) is 1. The van der Waals surface area contributed by atoms with Gasteiger partial charge in [0.25, 0.3) is 0 Å². The van der Waals surface area contributed by atoms with Gasteiger partial charge in [-0.3, -0.25) is 14.8 Å². The van der Waals surface area contributed by atoms with Gasteiger partial charge < -0.3 is 4.90 Å². The van der Waals surface area contributed by atoms with E-state index >= 15 is 0 Å². The van der Waals surface area contributed by atoms with Crippen molar-refractivity contribution in [2.24, 2.45) is 11.8 Å². The molecule has 3 aliphatic rings. The number of rotatable bonds is 3. The van der Waals surface area contributed by atoms with Crippen LogP contribution in [0.5, 0.6) is 0 Å². The largest absolute Gasteiger partial charge is 0.341 e. The molecule has 1 aromatic rings. The molecular formula is C19H30N4O. The van der Waals surface area contributed by atoms with E-state index in [1.54, 1.807) is 0 Å². The fourth-order valence-electron chi connectivity index (χ4n) is 5.03. The normalized spacial score (nSPS) is 29.4. The summed E-state index contributed by atoms with van der Waals surface area (Å²) in [6.45, 7) is 4.69. The molecule has 0 spiro atoms. The molecule has 1 amide bonds. The molecule has 3 heterocycles. The van der Waals surface area contributed by atoms with Gasteiger partial charge >= 0.3 is 0 Å². The highest BCUT2D eigenvalue weighted by Gasteiger charge is 2.33. The lowest BCUT2D eigenvalue weighted by molar-refractivity contribution is -0.135. The number of H-pyrrole nitrogens is 1. The zero-order valence-electron chi connectivity index (χ0n) is 14.6. The predicted octanol–water partition coefficient (Wildman–Crippen LogP) is 2.63. The van der Waals surface area contributed by atoms with Crippen LogP contribution < -0.4 is 0 Å². The lowest BCUT2D eigenvalue weighted by Crippen LogP contribution is -2.49. The number of hydrogen-bond donors (Lipinski definition) is 1. The van der Waals surface area contributed by atoms with Crippen LogP contribution in [0.1, 0.15) is 56.4 Å². The highest BCUT2D eigenvalue weighted by atomic mass is 16.2. The van der Waals surface area contributed by atoms with Crippen molar-refractivity contribution in [2.45, 2.75) is 50.9 Å². The number of likely N-dealkylation sites (tertiary alicyclic amines) is 2. The molecule has 0 aromatic carbocycles. The Morgan fingerprint density at radius 3 is 2.62 bits per heavy atom. The minimum atomic E-state index is 0.362. The first-order valence-corrected chi connectivity index (χ1v) is 9.78. The molecule has 132 valence electrons. The van der Waals surface area contributed by atoms with Gasteiger partial charge in [0, 0.05) is 19.3 Å². The first-order valence-electron chi connectivity index (χ1n) is 9.78. The smallest absolute Gasteiger partial charge is 0.236 e. The minimum Gasteiger partial charge on any atom is -0.341 e. The summed E-state index contributed by atoms with van der Waals surface area (Å²) in [6.07, 6.45) is 13.0. The Morgan fingerprint density at radius 2 is 1.88 bits per heavy atom. The maximum absolute atomic E-state index is 12.7. The summed E-state index contributed by atoms with van der Waals surface area (Å²) in [5.74, 6) is 2.64. The van der Waals surface area contributed by atoms with Gasteiger partial charge in [-0.15, -0.1) is 0 Å². The van der Waals surface area contributed by atoms with Crippen molar-refractivity contribution in [2.75, 3.05) is 32.7 Å². The number of nitrogens with zero attached hydrogens (tertiary/aromatic N) is 3. The van der Waals surface area contributed by atoms with Crippen LogP contribution in [0.3, 0.4) is 0 Å². The quantitative estimate of drug-likeness (QED) is 0.927. The van der Waals surface area contributed by atoms with Gasteiger partial charge in [0.1, 0.15) is 0 Å². The van der Waals surface area contributed by atoms with Gasteiger partial charge in [-0.25, -0.2) is 0 Å². The molecule has 5 heteroatoms. The number of carbonyl (C=O) groups excluding carboxylic acids is 1. The highest BCUT2D eigenvalue weighted by Crippen LogP contribution is 2.36. The van der Waals surface area contributed by atoms with Crippen molar-refractivity contribution in [3.8, 4) is 0 Å². The number of aromatic nitrogens is 2.